The van der Waals surface area contributed by atoms with Crippen LogP contribution in [0.1, 0.15) is 24.3 Å². The maximum atomic E-state index is 14.2. The van der Waals surface area contributed by atoms with Crippen LogP contribution in [0.15, 0.2) is 74.0 Å². The Morgan fingerprint density at radius 1 is 1.16 bits per heavy atom. The average Bonchev–Trinajstić information content (AvgIpc) is 3.53. The third-order valence-electron chi connectivity index (χ3n) is 6.18. The molecule has 2 aromatic heterocycles. The number of halogens is 6. The number of rotatable bonds is 6. The largest absolute Gasteiger partial charge is 0.463 e. The summed E-state index contributed by atoms with van der Waals surface area (Å²) in [5, 5.41) is 11.2. The lowest BCUT2D eigenvalue weighted by molar-refractivity contribution is -0.384. The van der Waals surface area contributed by atoms with Crippen LogP contribution in [0.3, 0.4) is 0 Å². The minimum atomic E-state index is -5.05. The summed E-state index contributed by atoms with van der Waals surface area (Å²) in [6.45, 7) is 1.23. The highest BCUT2D eigenvalue weighted by Crippen LogP contribution is 2.39. The van der Waals surface area contributed by atoms with Gasteiger partial charge in [-0.3, -0.25) is 19.5 Å². The number of furan rings is 1. The molecule has 0 amide bonds. The van der Waals surface area contributed by atoms with Crippen molar-refractivity contribution < 1.29 is 32.0 Å². The summed E-state index contributed by atoms with van der Waals surface area (Å²) in [6.07, 6.45) is -3.77. The Morgan fingerprint density at radius 2 is 1.86 bits per heavy atom. The van der Waals surface area contributed by atoms with Crippen molar-refractivity contribution in [2.45, 2.75) is 19.1 Å². The molecule has 0 unspecified atom stereocenters. The number of alkyl halides is 3. The van der Waals surface area contributed by atoms with Gasteiger partial charge in [0.15, 0.2) is 10.5 Å². The summed E-state index contributed by atoms with van der Waals surface area (Å²) < 4.78 is 54.4. The zero-order chi connectivity index (χ0) is 31.2. The second kappa shape index (κ2) is 11.6. The first kappa shape index (κ1) is 30.5. The molecule has 0 saturated heterocycles. The molecule has 1 atom stereocenters. The van der Waals surface area contributed by atoms with Gasteiger partial charge in [-0.1, -0.05) is 58.3 Å². The number of hydrogen-bond acceptors (Lipinski definition) is 8. The lowest BCUT2D eigenvalue weighted by Gasteiger charge is -2.26. The second-order valence-electron chi connectivity index (χ2n) is 8.86. The molecule has 0 bridgehead atoms. The molecule has 9 nitrogen and oxygen atoms in total. The van der Waals surface area contributed by atoms with Crippen molar-refractivity contribution in [2.75, 3.05) is 6.61 Å². The molecule has 4 aromatic rings. The minimum Gasteiger partial charge on any atom is -0.463 e. The van der Waals surface area contributed by atoms with E-state index in [2.05, 4.69) is 4.99 Å². The fourth-order valence-corrected chi connectivity index (χ4v) is 5.96. The van der Waals surface area contributed by atoms with Crippen molar-refractivity contribution in [1.29, 1.82) is 0 Å². The van der Waals surface area contributed by atoms with Gasteiger partial charge in [0, 0.05) is 22.7 Å². The van der Waals surface area contributed by atoms with Crippen LogP contribution in [0.2, 0.25) is 15.1 Å². The predicted molar refractivity (Wildman–Crippen MR) is 153 cm³/mol. The summed E-state index contributed by atoms with van der Waals surface area (Å²) >= 11 is 18.8. The van der Waals surface area contributed by atoms with E-state index in [1.807, 2.05) is 0 Å². The lowest BCUT2D eigenvalue weighted by atomic mass is 9.95. The monoisotopic (exact) mass is 671 g/mol. The summed E-state index contributed by atoms with van der Waals surface area (Å²) in [7, 11) is 0. The van der Waals surface area contributed by atoms with Crippen LogP contribution >= 0.6 is 46.1 Å². The molecular formula is C27H15Cl3F3N3O6S. The number of nitro benzene ring substituents is 1. The molecule has 2 aromatic carbocycles. The maximum absolute atomic E-state index is 14.2. The Labute approximate surface area is 257 Å². The molecule has 0 fully saturated rings. The predicted octanol–water partition coefficient (Wildman–Crippen LogP) is 6.47. The lowest BCUT2D eigenvalue weighted by Crippen LogP contribution is -2.41. The van der Waals surface area contributed by atoms with E-state index < -0.39 is 45.6 Å². The Balaban J connectivity index is 1.68. The third kappa shape index (κ3) is 5.85. The number of thiazole rings is 1. The minimum absolute atomic E-state index is 0.0227. The van der Waals surface area contributed by atoms with Crippen molar-refractivity contribution in [3.05, 3.63) is 116 Å². The number of nitro groups is 1. The number of hydrogen-bond donors (Lipinski definition) is 0. The van der Waals surface area contributed by atoms with Crippen LogP contribution in [-0.2, 0) is 9.53 Å². The SMILES string of the molecule is CCOC(=O)C1=C(C(F)(F)F)N=c2s/c(=C/c3ccc(-c4cc(Cl)c([N+](=O)[O-])cc4Cl)o3)c(=O)n2[C@H]1c1ccc(Cl)cc1. The van der Waals surface area contributed by atoms with Crippen molar-refractivity contribution in [2.24, 2.45) is 4.99 Å². The smallest absolute Gasteiger partial charge is 0.434 e. The molecule has 0 spiro atoms. The van der Waals surface area contributed by atoms with Gasteiger partial charge in [0.2, 0.25) is 0 Å². The molecular weight excluding hydrogens is 658 g/mol. The van der Waals surface area contributed by atoms with Crippen molar-refractivity contribution >= 4 is 63.9 Å². The van der Waals surface area contributed by atoms with Crippen LogP contribution in [-0.4, -0.2) is 28.2 Å². The van der Waals surface area contributed by atoms with Gasteiger partial charge in [-0.15, -0.1) is 0 Å². The molecule has 5 rings (SSSR count). The molecule has 1 aliphatic rings. The zero-order valence-electron chi connectivity index (χ0n) is 21.4. The van der Waals surface area contributed by atoms with E-state index in [4.69, 9.17) is 44.0 Å². The normalized spacial score (nSPS) is 15.3. The van der Waals surface area contributed by atoms with Gasteiger partial charge in [-0.05, 0) is 42.8 Å². The second-order valence-corrected chi connectivity index (χ2v) is 11.1. The molecule has 1 aliphatic heterocycles. The Bertz CT molecular complexity index is 2000. The van der Waals surface area contributed by atoms with Crippen LogP contribution in [0.5, 0.6) is 0 Å². The van der Waals surface area contributed by atoms with Crippen molar-refractivity contribution in [3.63, 3.8) is 0 Å². The van der Waals surface area contributed by atoms with E-state index in [9.17, 15) is 32.9 Å². The highest BCUT2D eigenvalue weighted by atomic mass is 35.5. The van der Waals surface area contributed by atoms with Crippen molar-refractivity contribution in [1.82, 2.24) is 4.57 Å². The fourth-order valence-electron chi connectivity index (χ4n) is 4.37. The van der Waals surface area contributed by atoms with Gasteiger partial charge in [-0.2, -0.15) is 13.2 Å². The number of ether oxygens (including phenoxy) is 1. The number of allylic oxidation sites excluding steroid dienone is 1. The molecule has 43 heavy (non-hydrogen) atoms. The van der Waals surface area contributed by atoms with Gasteiger partial charge < -0.3 is 9.15 Å². The van der Waals surface area contributed by atoms with Crippen LogP contribution in [0, 0.1) is 10.1 Å². The number of aromatic nitrogens is 1. The number of benzene rings is 2. The van der Waals surface area contributed by atoms with Crippen molar-refractivity contribution in [3.8, 4) is 11.3 Å². The quantitative estimate of drug-likeness (QED) is 0.132. The van der Waals surface area contributed by atoms with Gasteiger partial charge >= 0.3 is 12.1 Å². The average molecular weight is 673 g/mol. The Morgan fingerprint density at radius 3 is 2.49 bits per heavy atom. The molecule has 0 aliphatic carbocycles. The van der Waals surface area contributed by atoms with Crippen LogP contribution < -0.4 is 14.9 Å². The van der Waals surface area contributed by atoms with Crippen LogP contribution in [0.25, 0.3) is 17.4 Å². The number of fused-ring (bicyclic) bond motifs is 1. The summed E-state index contributed by atoms with van der Waals surface area (Å²) in [4.78, 5) is 40.4. The van der Waals surface area contributed by atoms with E-state index in [0.29, 0.717) is 11.3 Å². The Hall–Kier alpha value is -3.91. The fraction of sp³-hybridized carbons (Fsp3) is 0.148. The third-order valence-corrected chi connectivity index (χ3v) is 8.03. The molecule has 0 radical (unpaired) electrons. The van der Waals surface area contributed by atoms with E-state index in [-0.39, 0.29) is 53.7 Å². The first-order valence-electron chi connectivity index (χ1n) is 12.1. The topological polar surface area (TPSA) is 117 Å². The van der Waals surface area contributed by atoms with E-state index in [1.54, 1.807) is 0 Å². The van der Waals surface area contributed by atoms with E-state index in [1.165, 1.54) is 55.5 Å². The molecule has 222 valence electrons. The van der Waals surface area contributed by atoms with Crippen LogP contribution in [0.4, 0.5) is 18.9 Å². The van der Waals surface area contributed by atoms with Gasteiger partial charge in [0.05, 0.1) is 32.7 Å². The number of carbonyl (C=O) groups excluding carboxylic acids is 1. The standard InChI is InChI=1S/C27H15Cl3F3N3O6S/c1-2-41-25(38)21-22(12-3-5-13(28)6-4-12)35-24(37)20(43-26(35)34-23(21)27(31,32)33)9-14-7-8-19(42-14)15-10-17(30)18(36(39)40)11-16(15)29/h3-11,22H,2H2,1H3/b20-9+/t22-/m0/s1. The first-order valence-corrected chi connectivity index (χ1v) is 14.0. The Kier molecular flexibility index (Phi) is 8.27. The summed E-state index contributed by atoms with van der Waals surface area (Å²) in [5.41, 5.74) is -3.08. The summed E-state index contributed by atoms with van der Waals surface area (Å²) in [5.74, 6) is -1.01. The van der Waals surface area contributed by atoms with Gasteiger partial charge in [0.25, 0.3) is 11.2 Å². The highest BCUT2D eigenvalue weighted by molar-refractivity contribution is 7.07. The molecule has 0 N–H and O–H groups in total. The molecule has 0 saturated carbocycles. The number of nitrogens with zero attached hydrogens (tertiary/aromatic N) is 3. The van der Waals surface area contributed by atoms with E-state index in [0.717, 1.165) is 10.6 Å². The molecule has 16 heteroatoms. The summed E-state index contributed by atoms with van der Waals surface area (Å²) in [6, 6.07) is 9.37. The molecule has 3 heterocycles. The zero-order valence-corrected chi connectivity index (χ0v) is 24.5. The number of esters is 1. The first-order chi connectivity index (χ1) is 20.3. The van der Waals surface area contributed by atoms with E-state index >= 15 is 0 Å². The van der Waals surface area contributed by atoms with Gasteiger partial charge in [-0.25, -0.2) is 9.79 Å². The van der Waals surface area contributed by atoms with Gasteiger partial charge in [0.1, 0.15) is 16.5 Å². The number of carbonyl (C=O) groups is 1. The maximum Gasteiger partial charge on any atom is 0.434 e. The highest BCUT2D eigenvalue weighted by Gasteiger charge is 2.45.